The van der Waals surface area contributed by atoms with Crippen LogP contribution < -0.4 is 4.90 Å². The first kappa shape index (κ1) is 16.7. The van der Waals surface area contributed by atoms with Gasteiger partial charge >= 0.3 is 0 Å². The summed E-state index contributed by atoms with van der Waals surface area (Å²) in [5.41, 5.74) is 0.559. The molecule has 3 heterocycles. The Morgan fingerprint density at radius 2 is 2.04 bits per heavy atom. The number of pyridine rings is 1. The van der Waals surface area contributed by atoms with Gasteiger partial charge in [0.05, 0.1) is 17.9 Å². The molecule has 1 N–H and O–H groups in total. The van der Waals surface area contributed by atoms with E-state index in [4.69, 9.17) is 4.42 Å². The Hall–Kier alpha value is -3.74. The second kappa shape index (κ2) is 6.53. The fourth-order valence-electron chi connectivity index (χ4n) is 3.12. The predicted molar refractivity (Wildman–Crippen MR) is 93.6 cm³/mol. The molecule has 6 nitrogen and oxygen atoms in total. The van der Waals surface area contributed by atoms with Crippen molar-refractivity contribution >= 4 is 17.4 Å². The second-order valence-corrected chi connectivity index (χ2v) is 5.91. The zero-order valence-electron chi connectivity index (χ0n) is 13.9. The number of Topliss-reactive ketones (excluding diaryl/α,β-unsaturated/α-hetero) is 1. The van der Waals surface area contributed by atoms with Gasteiger partial charge in [0.1, 0.15) is 5.82 Å². The minimum Gasteiger partial charge on any atom is -0.503 e. The highest BCUT2D eigenvalue weighted by atomic mass is 19.1. The van der Waals surface area contributed by atoms with Gasteiger partial charge in [0.15, 0.2) is 11.5 Å². The maximum atomic E-state index is 13.7. The first-order valence-corrected chi connectivity index (χ1v) is 8.08. The number of nitrogens with zero attached hydrogens (tertiary/aromatic N) is 2. The summed E-state index contributed by atoms with van der Waals surface area (Å²) in [5, 5.41) is 10.5. The molecule has 0 saturated heterocycles. The van der Waals surface area contributed by atoms with Crippen LogP contribution >= 0.6 is 0 Å². The average Bonchev–Trinajstić information content (AvgIpc) is 3.30. The lowest BCUT2D eigenvalue weighted by atomic mass is 9.96. The summed E-state index contributed by atoms with van der Waals surface area (Å²) in [6.45, 7) is 0. The summed E-state index contributed by atoms with van der Waals surface area (Å²) in [7, 11) is 0. The highest BCUT2D eigenvalue weighted by Crippen LogP contribution is 2.41. The van der Waals surface area contributed by atoms with E-state index in [1.165, 1.54) is 47.7 Å². The number of aromatic nitrogens is 1. The average molecular weight is 364 g/mol. The molecule has 1 amide bonds. The van der Waals surface area contributed by atoms with Gasteiger partial charge in [-0.1, -0.05) is 12.1 Å². The number of benzene rings is 1. The molecule has 0 spiro atoms. The summed E-state index contributed by atoms with van der Waals surface area (Å²) in [6, 6.07) is 10.7. The van der Waals surface area contributed by atoms with Crippen molar-refractivity contribution in [3.8, 4) is 0 Å². The topological polar surface area (TPSA) is 83.6 Å². The number of furan rings is 1. The molecule has 0 radical (unpaired) electrons. The van der Waals surface area contributed by atoms with E-state index in [2.05, 4.69) is 4.98 Å². The molecule has 0 fully saturated rings. The van der Waals surface area contributed by atoms with Crippen LogP contribution in [0.25, 0.3) is 0 Å². The van der Waals surface area contributed by atoms with Crippen LogP contribution in [-0.4, -0.2) is 21.8 Å². The molecule has 1 unspecified atom stereocenters. The van der Waals surface area contributed by atoms with Crippen LogP contribution in [-0.2, 0) is 4.79 Å². The zero-order valence-corrected chi connectivity index (χ0v) is 13.9. The number of hydrogen-bond acceptors (Lipinski definition) is 5. The molecule has 4 rings (SSSR count). The van der Waals surface area contributed by atoms with Crippen LogP contribution in [0.2, 0.25) is 0 Å². The Bertz CT molecular complexity index is 1040. The van der Waals surface area contributed by atoms with Crippen molar-refractivity contribution in [1.82, 2.24) is 4.98 Å². The third kappa shape index (κ3) is 2.79. The Kier molecular flexibility index (Phi) is 4.04. The Morgan fingerprint density at radius 3 is 2.70 bits per heavy atom. The van der Waals surface area contributed by atoms with Gasteiger partial charge in [0.2, 0.25) is 5.78 Å². The van der Waals surface area contributed by atoms with Crippen LogP contribution in [0.3, 0.4) is 0 Å². The SMILES string of the molecule is O=C(C1=C(O)C(=O)N(c2cccc(F)c2)C1c1cccnc1)c1ccco1. The third-order valence-corrected chi connectivity index (χ3v) is 4.28. The number of anilines is 1. The molecule has 1 aliphatic heterocycles. The summed E-state index contributed by atoms with van der Waals surface area (Å²) in [6.07, 6.45) is 4.35. The molecule has 134 valence electrons. The Labute approximate surface area is 153 Å². The van der Waals surface area contributed by atoms with Crippen LogP contribution in [0.4, 0.5) is 10.1 Å². The Balaban J connectivity index is 1.89. The van der Waals surface area contributed by atoms with E-state index >= 15 is 0 Å². The third-order valence-electron chi connectivity index (χ3n) is 4.28. The van der Waals surface area contributed by atoms with Crippen molar-refractivity contribution in [3.63, 3.8) is 0 Å². The summed E-state index contributed by atoms with van der Waals surface area (Å²) >= 11 is 0. The van der Waals surface area contributed by atoms with E-state index in [1.54, 1.807) is 18.3 Å². The van der Waals surface area contributed by atoms with E-state index in [0.29, 0.717) is 5.56 Å². The first-order chi connectivity index (χ1) is 13.1. The predicted octanol–water partition coefficient (Wildman–Crippen LogP) is 3.60. The van der Waals surface area contributed by atoms with Gasteiger partial charge in [0.25, 0.3) is 5.91 Å². The molecule has 0 aliphatic carbocycles. The zero-order chi connectivity index (χ0) is 19.0. The van der Waals surface area contributed by atoms with Gasteiger partial charge in [-0.15, -0.1) is 0 Å². The quantitative estimate of drug-likeness (QED) is 0.715. The van der Waals surface area contributed by atoms with Gasteiger partial charge < -0.3 is 9.52 Å². The van der Waals surface area contributed by atoms with Gasteiger partial charge in [-0.2, -0.15) is 0 Å². The summed E-state index contributed by atoms with van der Waals surface area (Å²) < 4.78 is 18.9. The van der Waals surface area contributed by atoms with E-state index in [9.17, 15) is 19.1 Å². The number of carbonyl (C=O) groups is 2. The van der Waals surface area contributed by atoms with E-state index < -0.39 is 29.3 Å². The van der Waals surface area contributed by atoms with Gasteiger partial charge in [0, 0.05) is 18.1 Å². The minimum absolute atomic E-state index is 0.0145. The lowest BCUT2D eigenvalue weighted by Gasteiger charge is -2.26. The van der Waals surface area contributed by atoms with Gasteiger partial charge in [-0.05, 0) is 42.0 Å². The molecule has 0 saturated carbocycles. The fourth-order valence-corrected chi connectivity index (χ4v) is 3.12. The lowest BCUT2D eigenvalue weighted by molar-refractivity contribution is -0.117. The van der Waals surface area contributed by atoms with Crippen molar-refractivity contribution in [2.45, 2.75) is 6.04 Å². The molecule has 1 aromatic carbocycles. The highest BCUT2D eigenvalue weighted by Gasteiger charge is 2.45. The molecule has 7 heteroatoms. The largest absolute Gasteiger partial charge is 0.503 e. The number of hydrogen-bond donors (Lipinski definition) is 1. The maximum absolute atomic E-state index is 13.7. The Morgan fingerprint density at radius 1 is 1.19 bits per heavy atom. The van der Waals surface area contributed by atoms with Crippen molar-refractivity contribution in [3.05, 3.63) is 95.7 Å². The molecular weight excluding hydrogens is 351 g/mol. The second-order valence-electron chi connectivity index (χ2n) is 5.91. The van der Waals surface area contributed by atoms with Crippen LogP contribution in [0.5, 0.6) is 0 Å². The molecule has 3 aromatic rings. The number of ketones is 1. The monoisotopic (exact) mass is 364 g/mol. The summed E-state index contributed by atoms with van der Waals surface area (Å²) in [4.78, 5) is 30.9. The van der Waals surface area contributed by atoms with E-state index in [1.807, 2.05) is 0 Å². The molecular formula is C20H13FN2O4. The van der Waals surface area contributed by atoms with Crippen molar-refractivity contribution in [2.24, 2.45) is 0 Å². The van der Waals surface area contributed by atoms with E-state index in [0.717, 1.165) is 6.07 Å². The van der Waals surface area contributed by atoms with Crippen molar-refractivity contribution in [1.29, 1.82) is 0 Å². The number of aliphatic hydroxyl groups is 1. The minimum atomic E-state index is -0.967. The van der Waals surface area contributed by atoms with Crippen molar-refractivity contribution in [2.75, 3.05) is 4.90 Å². The maximum Gasteiger partial charge on any atom is 0.294 e. The molecule has 27 heavy (non-hydrogen) atoms. The molecule has 1 atom stereocenters. The fraction of sp³-hybridized carbons (Fsp3) is 0.0500. The normalized spacial score (nSPS) is 16.9. The lowest BCUT2D eigenvalue weighted by Crippen LogP contribution is -2.31. The van der Waals surface area contributed by atoms with E-state index in [-0.39, 0.29) is 17.0 Å². The molecule has 2 aromatic heterocycles. The van der Waals surface area contributed by atoms with Gasteiger partial charge in [-0.3, -0.25) is 19.5 Å². The number of aliphatic hydroxyl groups excluding tert-OH is 1. The number of carbonyl (C=O) groups excluding carboxylic acids is 2. The standard InChI is InChI=1S/C20H13FN2O4/c21-13-5-1-6-14(10-13)23-17(12-4-2-8-22-11-12)16(19(25)20(23)26)18(24)15-7-3-9-27-15/h1-11,17,25H. The van der Waals surface area contributed by atoms with Gasteiger partial charge in [-0.25, -0.2) is 4.39 Å². The van der Waals surface area contributed by atoms with Crippen LogP contribution in [0.15, 0.2) is 82.9 Å². The molecule has 0 bridgehead atoms. The number of rotatable bonds is 4. The highest BCUT2D eigenvalue weighted by molar-refractivity contribution is 6.20. The number of halogens is 1. The summed E-state index contributed by atoms with van der Waals surface area (Å²) in [5.74, 6) is -2.69. The number of amides is 1. The van der Waals surface area contributed by atoms with Crippen molar-refractivity contribution < 1.29 is 23.5 Å². The first-order valence-electron chi connectivity index (χ1n) is 8.08. The smallest absolute Gasteiger partial charge is 0.294 e. The van der Waals surface area contributed by atoms with Crippen LogP contribution in [0, 0.1) is 5.82 Å². The van der Waals surface area contributed by atoms with Crippen LogP contribution in [0.1, 0.15) is 22.2 Å². The molecule has 1 aliphatic rings.